The standard InChI is InChI=1S/C20H26ClN3O3S2/c1-20(2,3)16-8-5-14(6-9-16)12-23(19(22)28)13-15-7-10-17(11-18(15)21)24(25)29(4,26)27/h5-11,25H,12-13H2,1-4H3,(H2,22,28). The third-order valence-electron chi connectivity index (χ3n) is 4.44. The molecule has 0 aromatic heterocycles. The van der Waals surface area contributed by atoms with Gasteiger partial charge in [-0.15, -0.1) is 4.47 Å². The molecule has 2 aromatic rings. The van der Waals surface area contributed by atoms with Gasteiger partial charge >= 0.3 is 0 Å². The van der Waals surface area contributed by atoms with Gasteiger partial charge in [-0.3, -0.25) is 5.21 Å². The Morgan fingerprint density at radius 2 is 1.72 bits per heavy atom. The zero-order chi connectivity index (χ0) is 22.0. The maximum absolute atomic E-state index is 11.5. The second kappa shape index (κ2) is 8.87. The smallest absolute Gasteiger partial charge is 0.254 e. The number of nitrogens with zero attached hydrogens (tertiary/aromatic N) is 2. The van der Waals surface area contributed by atoms with Crippen LogP contribution in [0.5, 0.6) is 0 Å². The number of nitrogens with two attached hydrogens (primary N) is 1. The van der Waals surface area contributed by atoms with Crippen molar-refractivity contribution in [3.05, 3.63) is 64.2 Å². The Bertz CT molecular complexity index is 987. The van der Waals surface area contributed by atoms with Crippen LogP contribution >= 0.6 is 23.8 Å². The van der Waals surface area contributed by atoms with Gasteiger partial charge in [0.15, 0.2) is 5.11 Å². The van der Waals surface area contributed by atoms with Crippen LogP contribution in [0.15, 0.2) is 42.5 Å². The van der Waals surface area contributed by atoms with E-state index in [1.807, 2.05) is 12.1 Å². The van der Waals surface area contributed by atoms with E-state index < -0.39 is 10.0 Å². The van der Waals surface area contributed by atoms with Crippen molar-refractivity contribution in [1.29, 1.82) is 0 Å². The highest BCUT2D eigenvalue weighted by molar-refractivity contribution is 7.91. The Morgan fingerprint density at radius 1 is 1.14 bits per heavy atom. The average molecular weight is 456 g/mol. The summed E-state index contributed by atoms with van der Waals surface area (Å²) in [4.78, 5) is 1.80. The second-order valence-corrected chi connectivity index (χ2v) is 10.6. The fraction of sp³-hybridized carbons (Fsp3) is 0.350. The first kappa shape index (κ1) is 23.4. The average Bonchev–Trinajstić information content (AvgIpc) is 2.60. The van der Waals surface area contributed by atoms with Crippen molar-refractivity contribution in [2.24, 2.45) is 5.73 Å². The molecule has 29 heavy (non-hydrogen) atoms. The number of benzene rings is 2. The van der Waals surface area contributed by atoms with Gasteiger partial charge in [0.25, 0.3) is 10.0 Å². The summed E-state index contributed by atoms with van der Waals surface area (Å²) in [5.74, 6) is 0. The van der Waals surface area contributed by atoms with Crippen LogP contribution in [0.1, 0.15) is 37.5 Å². The van der Waals surface area contributed by atoms with Crippen molar-refractivity contribution in [3.63, 3.8) is 0 Å². The van der Waals surface area contributed by atoms with E-state index in [1.165, 1.54) is 17.7 Å². The van der Waals surface area contributed by atoms with Gasteiger partial charge in [-0.1, -0.05) is 62.7 Å². The fourth-order valence-corrected chi connectivity index (χ4v) is 3.58. The van der Waals surface area contributed by atoms with E-state index in [9.17, 15) is 13.6 Å². The van der Waals surface area contributed by atoms with Crippen LogP contribution in [0.2, 0.25) is 5.02 Å². The van der Waals surface area contributed by atoms with E-state index in [1.54, 1.807) is 11.0 Å². The highest BCUT2D eigenvalue weighted by Gasteiger charge is 2.18. The van der Waals surface area contributed by atoms with E-state index in [-0.39, 0.29) is 20.7 Å². The molecule has 0 saturated heterocycles. The molecular weight excluding hydrogens is 430 g/mol. The largest absolute Gasteiger partial charge is 0.376 e. The fourth-order valence-electron chi connectivity index (χ4n) is 2.72. The summed E-state index contributed by atoms with van der Waals surface area (Å²) in [5, 5.41) is 10.3. The molecule has 0 atom stereocenters. The van der Waals surface area contributed by atoms with Gasteiger partial charge in [-0.25, -0.2) is 8.42 Å². The van der Waals surface area contributed by atoms with Crippen LogP contribution < -0.4 is 10.2 Å². The number of hydrogen-bond donors (Lipinski definition) is 2. The molecule has 0 radical (unpaired) electrons. The summed E-state index contributed by atoms with van der Waals surface area (Å²) >= 11 is 11.5. The van der Waals surface area contributed by atoms with Crippen LogP contribution in [0.25, 0.3) is 0 Å². The lowest BCUT2D eigenvalue weighted by atomic mass is 9.87. The summed E-state index contributed by atoms with van der Waals surface area (Å²) in [5.41, 5.74) is 9.03. The van der Waals surface area contributed by atoms with Gasteiger partial charge in [-0.2, -0.15) is 0 Å². The zero-order valence-corrected chi connectivity index (χ0v) is 19.3. The van der Waals surface area contributed by atoms with E-state index in [0.717, 1.165) is 11.8 Å². The normalized spacial score (nSPS) is 11.9. The molecule has 0 fully saturated rings. The van der Waals surface area contributed by atoms with Crippen LogP contribution in [0, 0.1) is 0 Å². The number of halogens is 1. The Kier molecular flexibility index (Phi) is 7.16. The third kappa shape index (κ3) is 6.30. The molecule has 0 aliphatic rings. The third-order valence-corrected chi connectivity index (χ3v) is 5.89. The van der Waals surface area contributed by atoms with Crippen LogP contribution in [-0.4, -0.2) is 29.9 Å². The molecule has 2 aromatic carbocycles. The van der Waals surface area contributed by atoms with Crippen LogP contribution in [0.4, 0.5) is 5.69 Å². The highest BCUT2D eigenvalue weighted by atomic mass is 35.5. The minimum Gasteiger partial charge on any atom is -0.376 e. The van der Waals surface area contributed by atoms with E-state index >= 15 is 0 Å². The van der Waals surface area contributed by atoms with Crippen molar-refractivity contribution in [1.82, 2.24) is 4.90 Å². The molecule has 0 unspecified atom stereocenters. The molecule has 0 heterocycles. The summed E-state index contributed by atoms with van der Waals surface area (Å²) in [6.45, 7) is 7.33. The van der Waals surface area contributed by atoms with Crippen molar-refractivity contribution < 1.29 is 13.6 Å². The highest BCUT2D eigenvalue weighted by Crippen LogP contribution is 2.26. The number of rotatable bonds is 6. The Morgan fingerprint density at radius 3 is 2.17 bits per heavy atom. The lowest BCUT2D eigenvalue weighted by Crippen LogP contribution is -2.34. The summed E-state index contributed by atoms with van der Waals surface area (Å²) in [7, 11) is -3.80. The lowest BCUT2D eigenvalue weighted by molar-refractivity contribution is 0.317. The Labute approximate surface area is 182 Å². The molecular formula is C20H26ClN3O3S2. The first-order valence-corrected chi connectivity index (χ1v) is 11.5. The number of thiocarbonyl (C=S) groups is 1. The van der Waals surface area contributed by atoms with Crippen LogP contribution in [-0.2, 0) is 28.5 Å². The summed E-state index contributed by atoms with van der Waals surface area (Å²) in [6, 6.07) is 12.8. The van der Waals surface area contributed by atoms with E-state index in [2.05, 4.69) is 32.9 Å². The number of anilines is 1. The molecule has 0 aliphatic carbocycles. The molecule has 0 amide bonds. The number of sulfonamides is 1. The quantitative estimate of drug-likeness (QED) is 0.505. The van der Waals surface area contributed by atoms with Crippen LogP contribution in [0.3, 0.4) is 0 Å². The monoisotopic (exact) mass is 455 g/mol. The molecule has 0 saturated carbocycles. The molecule has 0 bridgehead atoms. The van der Waals surface area contributed by atoms with Gasteiger partial charge in [0.2, 0.25) is 0 Å². The minimum absolute atomic E-state index is 0.0564. The first-order valence-electron chi connectivity index (χ1n) is 8.90. The summed E-state index contributed by atoms with van der Waals surface area (Å²) in [6.07, 6.45) is 0.897. The maximum Gasteiger partial charge on any atom is 0.254 e. The van der Waals surface area contributed by atoms with Crippen molar-refractivity contribution in [2.75, 3.05) is 10.7 Å². The Hall–Kier alpha value is -1.87. The second-order valence-electron chi connectivity index (χ2n) is 7.92. The molecule has 2 rings (SSSR count). The molecule has 9 heteroatoms. The van der Waals surface area contributed by atoms with Gasteiger partial charge < -0.3 is 10.6 Å². The maximum atomic E-state index is 11.5. The van der Waals surface area contributed by atoms with Crippen molar-refractivity contribution in [2.45, 2.75) is 39.3 Å². The van der Waals surface area contributed by atoms with Gasteiger partial charge in [0, 0.05) is 18.1 Å². The van der Waals surface area contributed by atoms with Gasteiger partial charge in [0.1, 0.15) is 0 Å². The predicted octanol–water partition coefficient (Wildman–Crippen LogP) is 4.04. The molecule has 0 spiro atoms. The molecule has 6 nitrogen and oxygen atoms in total. The molecule has 3 N–H and O–H groups in total. The molecule has 0 aliphatic heterocycles. The summed E-state index contributed by atoms with van der Waals surface area (Å²) < 4.78 is 23.1. The predicted molar refractivity (Wildman–Crippen MR) is 122 cm³/mol. The lowest BCUT2D eigenvalue weighted by Gasteiger charge is -2.25. The van der Waals surface area contributed by atoms with Gasteiger partial charge in [0.05, 0.1) is 11.9 Å². The number of hydrogen-bond acceptors (Lipinski definition) is 4. The minimum atomic E-state index is -3.80. The molecule has 158 valence electrons. The zero-order valence-electron chi connectivity index (χ0n) is 16.9. The first-order chi connectivity index (χ1) is 13.3. The topological polar surface area (TPSA) is 86.9 Å². The SMILES string of the molecule is CC(C)(C)c1ccc(CN(Cc2ccc(N(O)S(C)(=O)=O)cc2Cl)C(N)=S)cc1. The van der Waals surface area contributed by atoms with Crippen molar-refractivity contribution in [3.8, 4) is 0 Å². The van der Waals surface area contributed by atoms with E-state index in [0.29, 0.717) is 23.7 Å². The van der Waals surface area contributed by atoms with Gasteiger partial charge in [-0.05, 0) is 46.5 Å². The Balaban J connectivity index is 2.20. The van der Waals surface area contributed by atoms with Crippen molar-refractivity contribution >= 4 is 44.6 Å². The van der Waals surface area contributed by atoms with E-state index in [4.69, 9.17) is 29.6 Å².